The molecule has 1 aromatic carbocycles. The van der Waals surface area contributed by atoms with Crippen LogP contribution in [-0.4, -0.2) is 18.1 Å². The van der Waals surface area contributed by atoms with Gasteiger partial charge < -0.3 is 5.32 Å². The molecule has 0 radical (unpaired) electrons. The molecule has 116 valence electrons. The summed E-state index contributed by atoms with van der Waals surface area (Å²) in [6.45, 7) is 1.51. The standard InChI is InChI=1S/C15H17F4NO/c1-9-5-4-6-10(13(9)16)14(21)20-12-8-3-2-7-11(12)15(17,18)19/h4-6,11-12H,2-3,7-8H2,1H3,(H,20,21). The fourth-order valence-electron chi connectivity index (χ4n) is 2.76. The summed E-state index contributed by atoms with van der Waals surface area (Å²) >= 11 is 0. The minimum Gasteiger partial charge on any atom is -0.349 e. The van der Waals surface area contributed by atoms with Gasteiger partial charge in [-0.3, -0.25) is 4.79 Å². The average Bonchev–Trinajstić information content (AvgIpc) is 2.41. The highest BCUT2D eigenvalue weighted by Gasteiger charge is 2.46. The van der Waals surface area contributed by atoms with E-state index in [0.717, 1.165) is 0 Å². The van der Waals surface area contributed by atoms with Gasteiger partial charge in [0.1, 0.15) is 5.82 Å². The molecule has 0 aliphatic heterocycles. The molecule has 1 saturated carbocycles. The molecule has 0 bridgehead atoms. The van der Waals surface area contributed by atoms with Crippen molar-refractivity contribution in [3.8, 4) is 0 Å². The lowest BCUT2D eigenvalue weighted by molar-refractivity contribution is -0.187. The molecule has 1 fully saturated rings. The average molecular weight is 303 g/mol. The Morgan fingerprint density at radius 3 is 2.57 bits per heavy atom. The number of nitrogens with one attached hydrogen (secondary N) is 1. The van der Waals surface area contributed by atoms with Gasteiger partial charge in [0.2, 0.25) is 0 Å². The molecule has 2 unspecified atom stereocenters. The molecule has 0 saturated heterocycles. The quantitative estimate of drug-likeness (QED) is 0.823. The van der Waals surface area contributed by atoms with E-state index in [1.165, 1.54) is 25.1 Å². The van der Waals surface area contributed by atoms with Crippen LogP contribution in [0.4, 0.5) is 17.6 Å². The Hall–Kier alpha value is -1.59. The summed E-state index contributed by atoms with van der Waals surface area (Å²) in [4.78, 5) is 12.0. The predicted molar refractivity (Wildman–Crippen MR) is 70.4 cm³/mol. The number of hydrogen-bond acceptors (Lipinski definition) is 1. The summed E-state index contributed by atoms with van der Waals surface area (Å²) in [5.41, 5.74) is 0.0835. The van der Waals surface area contributed by atoms with Crippen LogP contribution in [0.15, 0.2) is 18.2 Å². The fraction of sp³-hybridized carbons (Fsp3) is 0.533. The first kappa shape index (κ1) is 15.8. The first-order valence-electron chi connectivity index (χ1n) is 6.93. The van der Waals surface area contributed by atoms with Crippen molar-refractivity contribution in [1.29, 1.82) is 0 Å². The van der Waals surface area contributed by atoms with E-state index in [1.807, 2.05) is 0 Å². The zero-order chi connectivity index (χ0) is 15.6. The summed E-state index contributed by atoms with van der Waals surface area (Å²) in [5, 5.41) is 2.36. The lowest BCUT2D eigenvalue weighted by Crippen LogP contribution is -2.47. The van der Waals surface area contributed by atoms with E-state index in [-0.39, 0.29) is 18.4 Å². The third kappa shape index (κ3) is 3.54. The SMILES string of the molecule is Cc1cccc(C(=O)NC2CCCCC2C(F)(F)F)c1F. The molecule has 1 aromatic rings. The highest BCUT2D eigenvalue weighted by atomic mass is 19.4. The Bertz CT molecular complexity index is 527. The molecule has 0 spiro atoms. The number of carbonyl (C=O) groups excluding carboxylic acids is 1. The van der Waals surface area contributed by atoms with Crippen LogP contribution in [0.5, 0.6) is 0 Å². The van der Waals surface area contributed by atoms with Crippen molar-refractivity contribution in [2.24, 2.45) is 5.92 Å². The number of benzene rings is 1. The Labute approximate surface area is 120 Å². The molecule has 6 heteroatoms. The van der Waals surface area contributed by atoms with Crippen molar-refractivity contribution in [2.45, 2.75) is 44.8 Å². The Morgan fingerprint density at radius 1 is 1.24 bits per heavy atom. The van der Waals surface area contributed by atoms with E-state index in [9.17, 15) is 22.4 Å². The Morgan fingerprint density at radius 2 is 1.90 bits per heavy atom. The first-order valence-corrected chi connectivity index (χ1v) is 6.93. The summed E-state index contributed by atoms with van der Waals surface area (Å²) < 4.78 is 52.7. The van der Waals surface area contributed by atoms with Crippen molar-refractivity contribution in [3.05, 3.63) is 35.1 Å². The molecule has 1 amide bonds. The molecule has 1 N–H and O–H groups in total. The van der Waals surface area contributed by atoms with Gasteiger partial charge in [-0.2, -0.15) is 13.2 Å². The third-order valence-electron chi connectivity index (χ3n) is 3.94. The van der Waals surface area contributed by atoms with Gasteiger partial charge in [-0.1, -0.05) is 25.0 Å². The van der Waals surface area contributed by atoms with Gasteiger partial charge >= 0.3 is 6.18 Å². The predicted octanol–water partition coefficient (Wildman–Crippen LogP) is 3.99. The van der Waals surface area contributed by atoms with Gasteiger partial charge in [0.25, 0.3) is 5.91 Å². The van der Waals surface area contributed by atoms with Crippen LogP contribution in [0.1, 0.15) is 41.6 Å². The van der Waals surface area contributed by atoms with Crippen molar-refractivity contribution in [2.75, 3.05) is 0 Å². The maximum absolute atomic E-state index is 13.9. The molecule has 1 aliphatic carbocycles. The molecule has 2 nitrogen and oxygen atoms in total. The van der Waals surface area contributed by atoms with Gasteiger partial charge in [0.15, 0.2) is 0 Å². The van der Waals surface area contributed by atoms with Gasteiger partial charge in [-0.25, -0.2) is 4.39 Å². The maximum atomic E-state index is 13.9. The lowest BCUT2D eigenvalue weighted by Gasteiger charge is -2.33. The molecule has 21 heavy (non-hydrogen) atoms. The van der Waals surface area contributed by atoms with Crippen LogP contribution in [-0.2, 0) is 0 Å². The summed E-state index contributed by atoms with van der Waals surface area (Å²) in [7, 11) is 0. The number of hydrogen-bond donors (Lipinski definition) is 1. The highest BCUT2D eigenvalue weighted by Crippen LogP contribution is 2.37. The van der Waals surface area contributed by atoms with Crippen LogP contribution in [0.2, 0.25) is 0 Å². The van der Waals surface area contributed by atoms with Crippen molar-refractivity contribution >= 4 is 5.91 Å². The van der Waals surface area contributed by atoms with Crippen LogP contribution in [0.3, 0.4) is 0 Å². The highest BCUT2D eigenvalue weighted by molar-refractivity contribution is 5.94. The van der Waals surface area contributed by atoms with Crippen LogP contribution in [0, 0.1) is 18.7 Å². The number of aryl methyl sites for hydroxylation is 1. The smallest absolute Gasteiger partial charge is 0.349 e. The summed E-state index contributed by atoms with van der Waals surface area (Å²) in [6.07, 6.45) is -2.94. The number of carbonyl (C=O) groups is 1. The second-order valence-corrected chi connectivity index (χ2v) is 5.45. The number of rotatable bonds is 2. The number of alkyl halides is 3. The minimum atomic E-state index is -4.34. The first-order chi connectivity index (χ1) is 9.80. The van der Waals surface area contributed by atoms with E-state index in [1.54, 1.807) is 0 Å². The largest absolute Gasteiger partial charge is 0.393 e. The zero-order valence-electron chi connectivity index (χ0n) is 11.6. The number of halogens is 4. The molecule has 2 rings (SSSR count). The maximum Gasteiger partial charge on any atom is 0.393 e. The molecular weight excluding hydrogens is 286 g/mol. The minimum absolute atomic E-state index is 0.00471. The monoisotopic (exact) mass is 303 g/mol. The van der Waals surface area contributed by atoms with Crippen LogP contribution >= 0.6 is 0 Å². The van der Waals surface area contributed by atoms with E-state index in [2.05, 4.69) is 5.32 Å². The van der Waals surface area contributed by atoms with E-state index in [4.69, 9.17) is 0 Å². The molecule has 0 heterocycles. The molecule has 2 atom stereocenters. The third-order valence-corrected chi connectivity index (χ3v) is 3.94. The van der Waals surface area contributed by atoms with Crippen LogP contribution in [0.25, 0.3) is 0 Å². The Kier molecular flexibility index (Phi) is 4.54. The second kappa shape index (κ2) is 6.03. The zero-order valence-corrected chi connectivity index (χ0v) is 11.6. The molecular formula is C15H17F4NO. The van der Waals surface area contributed by atoms with E-state index in [0.29, 0.717) is 18.4 Å². The molecule has 0 aromatic heterocycles. The van der Waals surface area contributed by atoms with Crippen molar-refractivity contribution in [1.82, 2.24) is 5.32 Å². The fourth-order valence-corrected chi connectivity index (χ4v) is 2.76. The van der Waals surface area contributed by atoms with E-state index >= 15 is 0 Å². The van der Waals surface area contributed by atoms with Gasteiger partial charge in [-0.05, 0) is 31.4 Å². The van der Waals surface area contributed by atoms with Crippen molar-refractivity contribution in [3.63, 3.8) is 0 Å². The summed E-state index contributed by atoms with van der Waals surface area (Å²) in [5.74, 6) is -3.02. The van der Waals surface area contributed by atoms with Crippen molar-refractivity contribution < 1.29 is 22.4 Å². The van der Waals surface area contributed by atoms with Crippen LogP contribution < -0.4 is 5.32 Å². The van der Waals surface area contributed by atoms with Gasteiger partial charge in [0.05, 0.1) is 11.5 Å². The molecule has 1 aliphatic rings. The van der Waals surface area contributed by atoms with Gasteiger partial charge in [0, 0.05) is 6.04 Å². The lowest BCUT2D eigenvalue weighted by atomic mass is 9.84. The second-order valence-electron chi connectivity index (χ2n) is 5.45. The normalized spacial score (nSPS) is 22.9. The van der Waals surface area contributed by atoms with Gasteiger partial charge in [-0.15, -0.1) is 0 Å². The van der Waals surface area contributed by atoms with E-state index < -0.39 is 29.9 Å². The summed E-state index contributed by atoms with van der Waals surface area (Å²) in [6, 6.07) is 3.31. The Balaban J connectivity index is 2.15. The topological polar surface area (TPSA) is 29.1 Å². The number of amides is 1.